The molecule has 0 unspecified atom stereocenters. The van der Waals surface area contributed by atoms with Crippen LogP contribution in [0.3, 0.4) is 0 Å². The third kappa shape index (κ3) is 5.21. The van der Waals surface area contributed by atoms with E-state index < -0.39 is 33.4 Å². The molecule has 0 saturated heterocycles. The van der Waals surface area contributed by atoms with Crippen LogP contribution in [-0.4, -0.2) is 36.2 Å². The molecule has 9 nitrogen and oxygen atoms in total. The molecule has 0 fully saturated rings. The molecule has 0 bridgehead atoms. The molecule has 36 heavy (non-hydrogen) atoms. The topological polar surface area (TPSA) is 129 Å². The van der Waals surface area contributed by atoms with Crippen molar-refractivity contribution in [1.29, 1.82) is 0 Å². The highest BCUT2D eigenvalue weighted by atomic mass is 32.2. The average molecular weight is 517 g/mol. The molecule has 2 aromatic carbocycles. The minimum atomic E-state index is -4.92. The smallest absolute Gasteiger partial charge is 0.435 e. The molecule has 1 amide bonds. The number of anilines is 1. The molecule has 0 spiro atoms. The summed E-state index contributed by atoms with van der Waals surface area (Å²) < 4.78 is 70.6. The molecule has 0 aliphatic carbocycles. The average Bonchev–Trinajstić information content (AvgIpc) is 3.31. The zero-order valence-electron chi connectivity index (χ0n) is 18.5. The summed E-state index contributed by atoms with van der Waals surface area (Å²) in [5, 5.41) is 11.1. The van der Waals surface area contributed by atoms with Crippen molar-refractivity contribution in [2.45, 2.75) is 11.1 Å². The van der Waals surface area contributed by atoms with Gasteiger partial charge in [-0.2, -0.15) is 18.3 Å². The molecule has 0 atom stereocenters. The number of benzene rings is 2. The Bertz CT molecular complexity index is 1530. The highest BCUT2D eigenvalue weighted by Gasteiger charge is 2.39. The van der Waals surface area contributed by atoms with E-state index in [2.05, 4.69) is 15.4 Å². The van der Waals surface area contributed by atoms with Crippen LogP contribution >= 0.6 is 0 Å². The summed E-state index contributed by atoms with van der Waals surface area (Å²) in [6.45, 7) is 0. The van der Waals surface area contributed by atoms with Crippen LogP contribution in [0.4, 0.5) is 19.0 Å². The number of amides is 1. The summed E-state index contributed by atoms with van der Waals surface area (Å²) in [7, 11) is -2.57. The van der Waals surface area contributed by atoms with Crippen molar-refractivity contribution >= 4 is 21.7 Å². The number of carbonyl (C=O) groups is 1. The van der Waals surface area contributed by atoms with Gasteiger partial charge >= 0.3 is 6.18 Å². The Morgan fingerprint density at radius 1 is 1.08 bits per heavy atom. The number of rotatable bonds is 6. The number of nitrogens with two attached hydrogens (primary N) is 1. The Balaban J connectivity index is 1.72. The van der Waals surface area contributed by atoms with Gasteiger partial charge < -0.3 is 10.1 Å². The first kappa shape index (κ1) is 24.9. The lowest BCUT2D eigenvalue weighted by Gasteiger charge is -2.11. The third-order valence-electron chi connectivity index (χ3n) is 5.08. The Hall–Kier alpha value is -4.23. The van der Waals surface area contributed by atoms with Crippen LogP contribution in [-0.2, 0) is 16.2 Å². The van der Waals surface area contributed by atoms with Crippen molar-refractivity contribution in [3.05, 3.63) is 84.3 Å². The molecule has 2 heterocycles. The van der Waals surface area contributed by atoms with E-state index in [0.717, 1.165) is 10.9 Å². The fourth-order valence-corrected chi connectivity index (χ4v) is 3.93. The lowest BCUT2D eigenvalue weighted by molar-refractivity contribution is -0.141. The summed E-state index contributed by atoms with van der Waals surface area (Å²) in [6.07, 6.45) is -2.63. The number of hydrogen-bond acceptors (Lipinski definition) is 6. The number of halogens is 3. The van der Waals surface area contributed by atoms with Gasteiger partial charge in [0.25, 0.3) is 5.91 Å². The summed E-state index contributed by atoms with van der Waals surface area (Å²) in [6, 6.07) is 14.7. The van der Waals surface area contributed by atoms with Gasteiger partial charge in [-0.15, -0.1) is 0 Å². The van der Waals surface area contributed by atoms with Gasteiger partial charge in [-0.3, -0.25) is 4.79 Å². The SMILES string of the molecule is COc1ccc(-n2cc(C(=O)Nc3ncccc3-c3cccc(S(N)(=O)=O)c3)c(C(F)(F)F)n2)cc1. The first-order valence-electron chi connectivity index (χ1n) is 10.2. The van der Waals surface area contributed by atoms with Gasteiger partial charge in [0.2, 0.25) is 10.0 Å². The zero-order valence-corrected chi connectivity index (χ0v) is 19.3. The van der Waals surface area contributed by atoms with Crippen molar-refractivity contribution in [3.63, 3.8) is 0 Å². The van der Waals surface area contributed by atoms with Crippen LogP contribution in [0.2, 0.25) is 0 Å². The molecule has 186 valence electrons. The number of hydrogen-bond donors (Lipinski definition) is 2. The number of methoxy groups -OCH3 is 1. The summed E-state index contributed by atoms with van der Waals surface area (Å²) in [5.41, 5.74) is -1.24. The van der Waals surface area contributed by atoms with Gasteiger partial charge in [-0.05, 0) is 54.1 Å². The Labute approximate surface area is 203 Å². The number of aromatic nitrogens is 3. The number of primary sulfonamides is 1. The fourth-order valence-electron chi connectivity index (χ4n) is 3.37. The van der Waals surface area contributed by atoms with Gasteiger partial charge in [0, 0.05) is 18.0 Å². The minimum Gasteiger partial charge on any atom is -0.497 e. The van der Waals surface area contributed by atoms with Crippen LogP contribution in [0.25, 0.3) is 16.8 Å². The summed E-state index contributed by atoms with van der Waals surface area (Å²) >= 11 is 0. The Morgan fingerprint density at radius 2 is 1.81 bits per heavy atom. The van der Waals surface area contributed by atoms with Gasteiger partial charge in [0.15, 0.2) is 5.69 Å². The van der Waals surface area contributed by atoms with E-state index in [1.54, 1.807) is 18.2 Å². The molecule has 0 radical (unpaired) electrons. The van der Waals surface area contributed by atoms with E-state index in [4.69, 9.17) is 9.88 Å². The van der Waals surface area contributed by atoms with Crippen LogP contribution < -0.4 is 15.2 Å². The van der Waals surface area contributed by atoms with Crippen molar-refractivity contribution in [3.8, 4) is 22.6 Å². The normalized spacial score (nSPS) is 11.8. The van der Waals surface area contributed by atoms with Crippen LogP contribution in [0.5, 0.6) is 5.75 Å². The second kappa shape index (κ2) is 9.43. The molecule has 0 aliphatic heterocycles. The molecular weight excluding hydrogens is 499 g/mol. The number of nitrogens with one attached hydrogen (secondary N) is 1. The number of pyridine rings is 1. The van der Waals surface area contributed by atoms with E-state index in [-0.39, 0.29) is 22.0 Å². The standard InChI is InChI=1S/C23H18F3N5O4S/c1-35-16-9-7-15(8-10-16)31-13-19(20(30-31)23(24,25)26)22(32)29-21-18(6-3-11-28-21)14-4-2-5-17(12-14)36(27,33)34/h2-13H,1H3,(H2,27,33,34)(H,28,29,32). The predicted molar refractivity (Wildman–Crippen MR) is 124 cm³/mol. The van der Waals surface area contributed by atoms with Gasteiger partial charge in [-0.1, -0.05) is 12.1 Å². The maximum atomic E-state index is 13.7. The fraction of sp³-hybridized carbons (Fsp3) is 0.0870. The maximum absolute atomic E-state index is 13.7. The van der Waals surface area contributed by atoms with Crippen molar-refractivity contribution in [2.75, 3.05) is 12.4 Å². The molecule has 3 N–H and O–H groups in total. The number of alkyl halides is 3. The largest absolute Gasteiger partial charge is 0.497 e. The Morgan fingerprint density at radius 3 is 2.44 bits per heavy atom. The van der Waals surface area contributed by atoms with E-state index in [1.165, 1.54) is 55.8 Å². The highest BCUT2D eigenvalue weighted by Crippen LogP contribution is 2.33. The highest BCUT2D eigenvalue weighted by molar-refractivity contribution is 7.89. The zero-order chi connectivity index (χ0) is 26.1. The van der Waals surface area contributed by atoms with Gasteiger partial charge in [-0.25, -0.2) is 23.2 Å². The van der Waals surface area contributed by atoms with Gasteiger partial charge in [0.1, 0.15) is 11.6 Å². The van der Waals surface area contributed by atoms with Gasteiger partial charge in [0.05, 0.1) is 23.3 Å². The van der Waals surface area contributed by atoms with E-state index in [0.29, 0.717) is 11.3 Å². The van der Waals surface area contributed by atoms with E-state index >= 15 is 0 Å². The molecule has 4 aromatic rings. The summed E-state index contributed by atoms with van der Waals surface area (Å²) in [4.78, 5) is 16.9. The number of ether oxygens (including phenoxy) is 1. The van der Waals surface area contributed by atoms with Crippen molar-refractivity contribution in [2.24, 2.45) is 5.14 Å². The molecule has 0 saturated carbocycles. The Kier molecular flexibility index (Phi) is 6.52. The molecule has 4 rings (SSSR count). The van der Waals surface area contributed by atoms with Crippen molar-refractivity contribution in [1.82, 2.24) is 14.8 Å². The van der Waals surface area contributed by atoms with Crippen molar-refractivity contribution < 1.29 is 31.1 Å². The molecule has 13 heteroatoms. The lowest BCUT2D eigenvalue weighted by atomic mass is 10.1. The summed E-state index contributed by atoms with van der Waals surface area (Å²) in [5.74, 6) is -0.696. The second-order valence-corrected chi connectivity index (χ2v) is 9.02. The number of nitrogens with zero attached hydrogens (tertiary/aromatic N) is 3. The quantitative estimate of drug-likeness (QED) is 0.400. The number of sulfonamides is 1. The van der Waals surface area contributed by atoms with E-state index in [1.807, 2.05) is 0 Å². The first-order chi connectivity index (χ1) is 17.0. The monoisotopic (exact) mass is 517 g/mol. The van der Waals surface area contributed by atoms with Crippen LogP contribution in [0, 0.1) is 0 Å². The van der Waals surface area contributed by atoms with Crippen LogP contribution in [0.1, 0.15) is 16.1 Å². The predicted octanol–water partition coefficient (Wildman–Crippen LogP) is 3.86. The lowest BCUT2D eigenvalue weighted by Crippen LogP contribution is -2.18. The molecule has 2 aromatic heterocycles. The third-order valence-corrected chi connectivity index (χ3v) is 5.99. The second-order valence-electron chi connectivity index (χ2n) is 7.46. The first-order valence-corrected chi connectivity index (χ1v) is 11.7. The van der Waals surface area contributed by atoms with Crippen LogP contribution in [0.15, 0.2) is 78.0 Å². The molecule has 0 aliphatic rings. The van der Waals surface area contributed by atoms with E-state index in [9.17, 15) is 26.4 Å². The molecular formula is C23H18F3N5O4S. The number of carbonyl (C=O) groups excluding carboxylic acids is 1. The maximum Gasteiger partial charge on any atom is 0.435 e. The minimum absolute atomic E-state index is 0.0839.